The molecule has 0 aliphatic heterocycles. The smallest absolute Gasteiger partial charge is 0.0132 e. The normalized spacial score (nSPS) is 13.8. The van der Waals surface area contributed by atoms with Gasteiger partial charge in [0, 0.05) is 0 Å². The zero-order valence-corrected chi connectivity index (χ0v) is 14.0. The Bertz CT molecular complexity index is 462. The largest absolute Gasteiger partial charge is 0.0673 e. The summed E-state index contributed by atoms with van der Waals surface area (Å²) < 4.78 is 0. The minimum Gasteiger partial charge on any atom is -0.0673 e. The summed E-state index contributed by atoms with van der Waals surface area (Å²) >= 11 is 0. The topological polar surface area (TPSA) is 0 Å². The van der Waals surface area contributed by atoms with E-state index in [9.17, 15) is 0 Å². The zero-order chi connectivity index (χ0) is 14.8. The van der Waals surface area contributed by atoms with Gasteiger partial charge in [-0.05, 0) is 40.9 Å². The molecule has 0 aromatic heterocycles. The van der Waals surface area contributed by atoms with E-state index < -0.39 is 0 Å². The fourth-order valence-corrected chi connectivity index (χ4v) is 1.97. The van der Waals surface area contributed by atoms with Crippen LogP contribution in [0.2, 0.25) is 0 Å². The number of benzene rings is 1. The third kappa shape index (κ3) is 4.23. The van der Waals surface area contributed by atoms with Crippen LogP contribution in [-0.2, 0) is 11.8 Å². The average molecular weight is 258 g/mol. The lowest BCUT2D eigenvalue weighted by Gasteiger charge is -2.23. The molecule has 19 heavy (non-hydrogen) atoms. The SMILES string of the molecule is CCc1ccc(C(C)(C)C)cc1/C=C(\C)C(C)(C)C. The van der Waals surface area contributed by atoms with Crippen molar-refractivity contribution in [2.24, 2.45) is 5.41 Å². The Morgan fingerprint density at radius 2 is 1.63 bits per heavy atom. The highest BCUT2D eigenvalue weighted by atomic mass is 14.2. The van der Waals surface area contributed by atoms with Crippen molar-refractivity contribution in [1.29, 1.82) is 0 Å². The van der Waals surface area contributed by atoms with Crippen LogP contribution < -0.4 is 0 Å². The molecule has 0 fully saturated rings. The van der Waals surface area contributed by atoms with Crippen molar-refractivity contribution in [3.05, 3.63) is 40.5 Å². The van der Waals surface area contributed by atoms with Crippen LogP contribution in [0, 0.1) is 5.41 Å². The Morgan fingerprint density at radius 1 is 1.05 bits per heavy atom. The molecule has 0 aliphatic carbocycles. The molecule has 0 saturated heterocycles. The van der Waals surface area contributed by atoms with E-state index in [1.54, 1.807) is 0 Å². The van der Waals surface area contributed by atoms with Crippen LogP contribution in [0.1, 0.15) is 72.1 Å². The molecular formula is C19H30. The van der Waals surface area contributed by atoms with Gasteiger partial charge >= 0.3 is 0 Å². The summed E-state index contributed by atoms with van der Waals surface area (Å²) in [7, 11) is 0. The molecule has 106 valence electrons. The summed E-state index contributed by atoms with van der Waals surface area (Å²) in [5, 5.41) is 0. The van der Waals surface area contributed by atoms with E-state index in [-0.39, 0.29) is 10.8 Å². The number of hydrogen-bond donors (Lipinski definition) is 0. The lowest BCUT2D eigenvalue weighted by Crippen LogP contribution is -2.12. The Hall–Kier alpha value is -1.04. The van der Waals surface area contributed by atoms with Gasteiger partial charge in [0.2, 0.25) is 0 Å². The molecule has 0 N–H and O–H groups in total. The molecular weight excluding hydrogens is 228 g/mol. The fraction of sp³-hybridized carbons (Fsp3) is 0.579. The summed E-state index contributed by atoms with van der Waals surface area (Å²) in [5.74, 6) is 0. The summed E-state index contributed by atoms with van der Waals surface area (Å²) in [6, 6.07) is 6.94. The molecule has 1 aromatic rings. The second-order valence-electron chi connectivity index (χ2n) is 7.59. The van der Waals surface area contributed by atoms with Crippen LogP contribution in [0.15, 0.2) is 23.8 Å². The van der Waals surface area contributed by atoms with Gasteiger partial charge in [-0.3, -0.25) is 0 Å². The molecule has 0 bridgehead atoms. The molecule has 1 aromatic carbocycles. The van der Waals surface area contributed by atoms with Crippen molar-refractivity contribution in [3.8, 4) is 0 Å². The van der Waals surface area contributed by atoms with E-state index in [1.807, 2.05) is 0 Å². The maximum absolute atomic E-state index is 2.37. The predicted molar refractivity (Wildman–Crippen MR) is 87.6 cm³/mol. The molecule has 0 aliphatic rings. The maximum Gasteiger partial charge on any atom is -0.0132 e. The van der Waals surface area contributed by atoms with E-state index >= 15 is 0 Å². The molecule has 0 heteroatoms. The van der Waals surface area contributed by atoms with Crippen molar-refractivity contribution >= 4 is 6.08 Å². The quantitative estimate of drug-likeness (QED) is 0.610. The minimum atomic E-state index is 0.213. The standard InChI is InChI=1S/C19H30/c1-9-15-10-11-17(19(6,7)8)13-16(15)12-14(2)18(3,4)5/h10-13H,9H2,1-8H3/b14-12+. The second-order valence-corrected chi connectivity index (χ2v) is 7.59. The summed E-state index contributed by atoms with van der Waals surface area (Å²) in [4.78, 5) is 0. The van der Waals surface area contributed by atoms with Gasteiger partial charge in [-0.25, -0.2) is 0 Å². The summed E-state index contributed by atoms with van der Waals surface area (Å²) in [6.07, 6.45) is 3.46. The van der Waals surface area contributed by atoms with E-state index in [1.165, 1.54) is 22.3 Å². The van der Waals surface area contributed by atoms with Crippen LogP contribution in [0.5, 0.6) is 0 Å². The molecule has 0 nitrogen and oxygen atoms in total. The molecule has 0 unspecified atom stereocenters. The van der Waals surface area contributed by atoms with Gasteiger partial charge in [-0.15, -0.1) is 0 Å². The Balaban J connectivity index is 3.33. The lowest BCUT2D eigenvalue weighted by atomic mass is 9.82. The maximum atomic E-state index is 2.37. The predicted octanol–water partition coefficient (Wildman–Crippen LogP) is 6.00. The number of aryl methyl sites for hydroxylation is 1. The molecule has 0 atom stereocenters. The van der Waals surface area contributed by atoms with Crippen molar-refractivity contribution in [2.75, 3.05) is 0 Å². The highest BCUT2D eigenvalue weighted by molar-refractivity contribution is 5.59. The van der Waals surface area contributed by atoms with E-state index in [0.717, 1.165) is 6.42 Å². The van der Waals surface area contributed by atoms with Gasteiger partial charge in [0.15, 0.2) is 0 Å². The van der Waals surface area contributed by atoms with E-state index in [2.05, 4.69) is 79.7 Å². The van der Waals surface area contributed by atoms with Crippen LogP contribution >= 0.6 is 0 Å². The minimum absolute atomic E-state index is 0.213. The van der Waals surface area contributed by atoms with Crippen molar-refractivity contribution in [1.82, 2.24) is 0 Å². The molecule has 0 amide bonds. The van der Waals surface area contributed by atoms with Crippen molar-refractivity contribution in [3.63, 3.8) is 0 Å². The monoisotopic (exact) mass is 258 g/mol. The van der Waals surface area contributed by atoms with Gasteiger partial charge in [-0.1, -0.05) is 78.3 Å². The van der Waals surface area contributed by atoms with Crippen LogP contribution in [-0.4, -0.2) is 0 Å². The van der Waals surface area contributed by atoms with Crippen LogP contribution in [0.25, 0.3) is 6.08 Å². The first-order chi connectivity index (χ1) is 8.55. The van der Waals surface area contributed by atoms with Crippen molar-refractivity contribution in [2.45, 2.75) is 67.2 Å². The van der Waals surface area contributed by atoms with Gasteiger partial charge in [-0.2, -0.15) is 0 Å². The number of hydrogen-bond acceptors (Lipinski definition) is 0. The number of rotatable bonds is 2. The third-order valence-corrected chi connectivity index (χ3v) is 3.95. The Labute approximate surface area is 119 Å². The first-order valence-corrected chi connectivity index (χ1v) is 7.38. The Morgan fingerprint density at radius 3 is 2.05 bits per heavy atom. The molecule has 0 heterocycles. The second kappa shape index (κ2) is 5.53. The summed E-state index contributed by atoms with van der Waals surface area (Å²) in [6.45, 7) is 18.1. The van der Waals surface area contributed by atoms with E-state index in [4.69, 9.17) is 0 Å². The first-order valence-electron chi connectivity index (χ1n) is 7.38. The highest BCUT2D eigenvalue weighted by Gasteiger charge is 2.16. The van der Waals surface area contributed by atoms with Gasteiger partial charge in [0.25, 0.3) is 0 Å². The molecule has 0 radical (unpaired) electrons. The first kappa shape index (κ1) is 16.0. The average Bonchev–Trinajstić information content (AvgIpc) is 2.26. The lowest BCUT2D eigenvalue weighted by molar-refractivity contribution is 0.508. The zero-order valence-electron chi connectivity index (χ0n) is 14.0. The third-order valence-electron chi connectivity index (χ3n) is 3.95. The highest BCUT2D eigenvalue weighted by Crippen LogP contribution is 2.30. The summed E-state index contributed by atoms with van der Waals surface area (Å²) in [5.41, 5.74) is 6.14. The molecule has 0 spiro atoms. The van der Waals surface area contributed by atoms with Gasteiger partial charge < -0.3 is 0 Å². The molecule has 1 rings (SSSR count). The van der Waals surface area contributed by atoms with Crippen LogP contribution in [0.3, 0.4) is 0 Å². The Kier molecular flexibility index (Phi) is 4.66. The van der Waals surface area contributed by atoms with Crippen LogP contribution in [0.4, 0.5) is 0 Å². The number of allylic oxidation sites excluding steroid dienone is 1. The van der Waals surface area contributed by atoms with E-state index in [0.29, 0.717) is 0 Å². The fourth-order valence-electron chi connectivity index (χ4n) is 1.97. The van der Waals surface area contributed by atoms with Gasteiger partial charge in [0.1, 0.15) is 0 Å². The van der Waals surface area contributed by atoms with Crippen molar-refractivity contribution < 1.29 is 0 Å². The molecule has 0 saturated carbocycles. The van der Waals surface area contributed by atoms with Gasteiger partial charge in [0.05, 0.1) is 0 Å².